The van der Waals surface area contributed by atoms with E-state index in [9.17, 15) is 9.59 Å². The number of ether oxygens (including phenoxy) is 1. The summed E-state index contributed by atoms with van der Waals surface area (Å²) >= 11 is 0. The largest absolute Gasteiger partial charge is 0.496 e. The zero-order chi connectivity index (χ0) is 17.1. The number of rotatable bonds is 3. The van der Waals surface area contributed by atoms with Crippen molar-refractivity contribution in [3.63, 3.8) is 0 Å². The molecular formula is C17H20N4O3. The van der Waals surface area contributed by atoms with E-state index in [2.05, 4.69) is 21.0 Å². The van der Waals surface area contributed by atoms with Gasteiger partial charge in [0.2, 0.25) is 5.91 Å². The predicted molar refractivity (Wildman–Crippen MR) is 87.4 cm³/mol. The number of hydrogen-bond donors (Lipinski definition) is 3. The first kappa shape index (κ1) is 16.0. The third-order valence-corrected chi connectivity index (χ3v) is 4.44. The lowest BCUT2D eigenvalue weighted by Crippen LogP contribution is -2.45. The minimum atomic E-state index is -0.420. The second-order valence-electron chi connectivity index (χ2n) is 5.94. The molecule has 2 unspecified atom stereocenters. The van der Waals surface area contributed by atoms with Gasteiger partial charge >= 0.3 is 0 Å². The standard InChI is InChI=1S/C17H20N4O3/c1-10-7-8-13-12(9-18-19-13)15(10)17(23)21-20-16(22)11-5-3-4-6-14(11)24-2/h3-6,9-10,15H,7-8H2,1-2H3,(H,18,19)(H,20,22)(H,21,23). The molecule has 0 aliphatic heterocycles. The van der Waals surface area contributed by atoms with Crippen LogP contribution in [-0.2, 0) is 11.2 Å². The lowest BCUT2D eigenvalue weighted by molar-refractivity contribution is -0.124. The SMILES string of the molecule is COc1ccccc1C(=O)NNC(=O)C1c2cn[nH]c2CCC1C. The molecule has 2 amide bonds. The number of nitrogens with one attached hydrogen (secondary N) is 3. The number of benzene rings is 1. The number of aromatic amines is 1. The van der Waals surface area contributed by atoms with Crippen molar-refractivity contribution in [2.45, 2.75) is 25.7 Å². The quantitative estimate of drug-likeness (QED) is 0.745. The Kier molecular flexibility index (Phi) is 4.50. The molecule has 0 fully saturated rings. The molecule has 126 valence electrons. The van der Waals surface area contributed by atoms with Gasteiger partial charge in [-0.15, -0.1) is 0 Å². The van der Waals surface area contributed by atoms with Gasteiger partial charge in [-0.05, 0) is 30.9 Å². The number of carbonyl (C=O) groups excluding carboxylic acids is 2. The molecular weight excluding hydrogens is 308 g/mol. The van der Waals surface area contributed by atoms with Crippen LogP contribution in [0.1, 0.15) is 40.9 Å². The topological polar surface area (TPSA) is 96.1 Å². The van der Waals surface area contributed by atoms with Gasteiger partial charge in [0.15, 0.2) is 0 Å². The Morgan fingerprint density at radius 1 is 1.29 bits per heavy atom. The van der Waals surface area contributed by atoms with Crippen LogP contribution in [0.5, 0.6) is 5.75 Å². The normalized spacial score (nSPS) is 19.2. The molecule has 0 saturated carbocycles. The highest BCUT2D eigenvalue weighted by Crippen LogP contribution is 2.34. The molecule has 0 saturated heterocycles. The molecule has 7 nitrogen and oxygen atoms in total. The summed E-state index contributed by atoms with van der Waals surface area (Å²) in [6, 6.07) is 6.84. The van der Waals surface area contributed by atoms with Crippen molar-refractivity contribution < 1.29 is 14.3 Å². The van der Waals surface area contributed by atoms with Gasteiger partial charge in [-0.1, -0.05) is 19.1 Å². The number of H-pyrrole nitrogens is 1. The number of amides is 2. The second kappa shape index (κ2) is 6.74. The van der Waals surface area contributed by atoms with Crippen LogP contribution in [0.2, 0.25) is 0 Å². The predicted octanol–water partition coefficient (Wildman–Crippen LogP) is 1.55. The van der Waals surface area contributed by atoms with Crippen molar-refractivity contribution in [3.8, 4) is 5.75 Å². The minimum Gasteiger partial charge on any atom is -0.496 e. The molecule has 1 aromatic carbocycles. The molecule has 0 bridgehead atoms. The van der Waals surface area contributed by atoms with E-state index in [4.69, 9.17) is 4.74 Å². The van der Waals surface area contributed by atoms with E-state index in [-0.39, 0.29) is 17.7 Å². The number of fused-ring (bicyclic) bond motifs is 1. The van der Waals surface area contributed by atoms with Crippen LogP contribution in [-0.4, -0.2) is 29.1 Å². The molecule has 24 heavy (non-hydrogen) atoms. The number of aromatic nitrogens is 2. The fourth-order valence-corrected chi connectivity index (χ4v) is 3.13. The summed E-state index contributed by atoms with van der Waals surface area (Å²) in [4.78, 5) is 24.8. The maximum absolute atomic E-state index is 12.6. The summed E-state index contributed by atoms with van der Waals surface area (Å²) in [5.74, 6) is -0.360. The Bertz CT molecular complexity index is 756. The van der Waals surface area contributed by atoms with Crippen molar-refractivity contribution in [2.75, 3.05) is 7.11 Å². The molecule has 7 heteroatoms. The number of hydrazine groups is 1. The Hall–Kier alpha value is -2.83. The Balaban J connectivity index is 1.69. The van der Waals surface area contributed by atoms with Crippen molar-refractivity contribution >= 4 is 11.8 Å². The van der Waals surface area contributed by atoms with Crippen LogP contribution < -0.4 is 15.6 Å². The monoisotopic (exact) mass is 328 g/mol. The van der Waals surface area contributed by atoms with Crippen molar-refractivity contribution in [3.05, 3.63) is 47.3 Å². The van der Waals surface area contributed by atoms with Crippen LogP contribution in [0.4, 0.5) is 0 Å². The Morgan fingerprint density at radius 2 is 2.08 bits per heavy atom. The van der Waals surface area contributed by atoms with Gasteiger partial charge in [-0.3, -0.25) is 25.5 Å². The molecule has 0 radical (unpaired) electrons. The second-order valence-corrected chi connectivity index (χ2v) is 5.94. The molecule has 1 aromatic heterocycles. The Labute approximate surface area is 139 Å². The summed E-state index contributed by atoms with van der Waals surface area (Å²) < 4.78 is 5.16. The van der Waals surface area contributed by atoms with Crippen molar-refractivity contribution in [1.82, 2.24) is 21.0 Å². The third-order valence-electron chi connectivity index (χ3n) is 4.44. The fraction of sp³-hybridized carbons (Fsp3) is 0.353. The highest BCUT2D eigenvalue weighted by Gasteiger charge is 2.33. The van der Waals surface area contributed by atoms with Gasteiger partial charge in [-0.2, -0.15) is 5.10 Å². The maximum Gasteiger partial charge on any atom is 0.273 e. The Morgan fingerprint density at radius 3 is 2.88 bits per heavy atom. The third kappa shape index (κ3) is 2.97. The number of para-hydroxylation sites is 1. The lowest BCUT2D eigenvalue weighted by atomic mass is 9.78. The van der Waals surface area contributed by atoms with E-state index in [0.29, 0.717) is 11.3 Å². The summed E-state index contributed by atoms with van der Waals surface area (Å²) in [6.45, 7) is 2.03. The smallest absolute Gasteiger partial charge is 0.273 e. The number of carbonyl (C=O) groups is 2. The first-order valence-electron chi connectivity index (χ1n) is 7.87. The average molecular weight is 328 g/mol. The zero-order valence-corrected chi connectivity index (χ0v) is 13.6. The van der Waals surface area contributed by atoms with Crippen LogP contribution in [0.25, 0.3) is 0 Å². The van der Waals surface area contributed by atoms with Gasteiger partial charge < -0.3 is 4.74 Å². The fourth-order valence-electron chi connectivity index (χ4n) is 3.13. The van der Waals surface area contributed by atoms with E-state index in [1.807, 2.05) is 6.92 Å². The highest BCUT2D eigenvalue weighted by molar-refractivity contribution is 5.98. The van der Waals surface area contributed by atoms with E-state index in [0.717, 1.165) is 24.1 Å². The number of methoxy groups -OCH3 is 1. The van der Waals surface area contributed by atoms with Crippen LogP contribution in [0.3, 0.4) is 0 Å². The average Bonchev–Trinajstić information content (AvgIpc) is 3.07. The van der Waals surface area contributed by atoms with Gasteiger partial charge in [0.05, 0.1) is 24.8 Å². The molecule has 2 atom stereocenters. The van der Waals surface area contributed by atoms with Crippen molar-refractivity contribution in [2.24, 2.45) is 5.92 Å². The molecule has 3 N–H and O–H groups in total. The van der Waals surface area contributed by atoms with Gasteiger partial charge in [0.1, 0.15) is 5.75 Å². The van der Waals surface area contributed by atoms with E-state index in [1.54, 1.807) is 30.5 Å². The molecule has 2 aromatic rings. The van der Waals surface area contributed by atoms with Gasteiger partial charge in [0, 0.05) is 11.3 Å². The van der Waals surface area contributed by atoms with Gasteiger partial charge in [-0.25, -0.2) is 0 Å². The number of aryl methyl sites for hydroxylation is 1. The van der Waals surface area contributed by atoms with E-state index in [1.165, 1.54) is 7.11 Å². The first-order valence-corrected chi connectivity index (χ1v) is 7.87. The lowest BCUT2D eigenvalue weighted by Gasteiger charge is -2.27. The molecule has 1 heterocycles. The minimum absolute atomic E-state index is 0.179. The van der Waals surface area contributed by atoms with E-state index < -0.39 is 5.91 Å². The molecule has 3 rings (SSSR count). The summed E-state index contributed by atoms with van der Waals surface area (Å²) in [6.07, 6.45) is 3.47. The summed E-state index contributed by atoms with van der Waals surface area (Å²) in [7, 11) is 1.49. The van der Waals surface area contributed by atoms with Crippen LogP contribution in [0.15, 0.2) is 30.5 Å². The molecule has 0 spiro atoms. The summed E-state index contributed by atoms with van der Waals surface area (Å²) in [5.41, 5.74) is 7.25. The number of nitrogens with zero attached hydrogens (tertiary/aromatic N) is 1. The van der Waals surface area contributed by atoms with Gasteiger partial charge in [0.25, 0.3) is 5.91 Å². The molecule has 1 aliphatic rings. The van der Waals surface area contributed by atoms with Crippen molar-refractivity contribution in [1.29, 1.82) is 0 Å². The first-order chi connectivity index (χ1) is 11.6. The van der Waals surface area contributed by atoms with Crippen LogP contribution in [0, 0.1) is 5.92 Å². The zero-order valence-electron chi connectivity index (χ0n) is 13.6. The van der Waals surface area contributed by atoms with E-state index >= 15 is 0 Å². The maximum atomic E-state index is 12.6. The summed E-state index contributed by atoms with van der Waals surface area (Å²) in [5, 5.41) is 6.96. The molecule has 1 aliphatic carbocycles. The number of hydrogen-bond acceptors (Lipinski definition) is 4. The highest BCUT2D eigenvalue weighted by atomic mass is 16.5. The van der Waals surface area contributed by atoms with Crippen LogP contribution >= 0.6 is 0 Å².